The third-order valence-electron chi connectivity index (χ3n) is 8.60. The zero-order valence-electron chi connectivity index (χ0n) is 23.2. The summed E-state index contributed by atoms with van der Waals surface area (Å²) < 4.78 is 6.17. The fourth-order valence-corrected chi connectivity index (χ4v) is 6.85. The number of amides is 2. The van der Waals surface area contributed by atoms with E-state index in [2.05, 4.69) is 18.0 Å². The highest BCUT2D eigenvalue weighted by Gasteiger charge is 2.56. The van der Waals surface area contributed by atoms with Crippen LogP contribution in [0.4, 0.5) is 0 Å². The molecule has 0 unspecified atom stereocenters. The molecule has 8 heteroatoms. The van der Waals surface area contributed by atoms with Gasteiger partial charge in [-0.25, -0.2) is 0 Å². The molecule has 1 aromatic heterocycles. The third-order valence-corrected chi connectivity index (χ3v) is 8.60. The van der Waals surface area contributed by atoms with Crippen molar-refractivity contribution in [1.29, 1.82) is 0 Å². The summed E-state index contributed by atoms with van der Waals surface area (Å²) in [4.78, 5) is 31.9. The number of hydrogen-bond acceptors (Lipinski definition) is 6. The summed E-state index contributed by atoms with van der Waals surface area (Å²) in [5.41, 5.74) is 6.83. The zero-order valence-corrected chi connectivity index (χ0v) is 23.2. The molecule has 0 bridgehead atoms. The normalized spacial score (nSPS) is 25.3. The van der Waals surface area contributed by atoms with Crippen molar-refractivity contribution in [2.24, 2.45) is 17.8 Å². The number of likely N-dealkylation sites (tertiary alicyclic amines) is 1. The summed E-state index contributed by atoms with van der Waals surface area (Å²) in [5.74, 6) is -0.886. The maximum atomic E-state index is 13.1. The minimum absolute atomic E-state index is 0.102. The number of carbonyl (C=O) groups excluding carboxylic acids is 2. The Hall–Kier alpha value is -3.23. The predicted octanol–water partition coefficient (Wildman–Crippen LogP) is 4.95. The first-order valence-electron chi connectivity index (χ1n) is 14.0. The number of rotatable bonds is 7. The number of aromatic hydroxyl groups is 1. The van der Waals surface area contributed by atoms with E-state index in [1.54, 1.807) is 13.2 Å². The number of pyridine rings is 1. The van der Waals surface area contributed by atoms with E-state index in [1.807, 2.05) is 44.2 Å². The van der Waals surface area contributed by atoms with Crippen LogP contribution in [0.2, 0.25) is 6.32 Å². The molecule has 7 nitrogen and oxygen atoms in total. The van der Waals surface area contributed by atoms with Gasteiger partial charge < -0.3 is 14.8 Å². The Morgan fingerprint density at radius 1 is 1.18 bits per heavy atom. The Morgan fingerprint density at radius 3 is 2.59 bits per heavy atom. The van der Waals surface area contributed by atoms with E-state index in [1.165, 1.54) is 10.5 Å². The largest absolute Gasteiger partial charge is 0.507 e. The van der Waals surface area contributed by atoms with Crippen molar-refractivity contribution < 1.29 is 24.4 Å². The predicted molar refractivity (Wildman–Crippen MR) is 151 cm³/mol. The highest BCUT2D eigenvalue weighted by Crippen LogP contribution is 2.51. The lowest BCUT2D eigenvalue weighted by molar-refractivity contribution is -0.138. The molecule has 4 atom stereocenters. The molecule has 2 saturated heterocycles. The number of benzene rings is 1. The molecular formula is C31H37BN2O5. The molecule has 3 heterocycles. The van der Waals surface area contributed by atoms with Crippen molar-refractivity contribution in [3.8, 4) is 5.75 Å². The zero-order chi connectivity index (χ0) is 27.8. The van der Waals surface area contributed by atoms with Gasteiger partial charge in [0, 0.05) is 13.2 Å². The Balaban J connectivity index is 1.49. The molecule has 1 aromatic carbocycles. The van der Waals surface area contributed by atoms with Crippen LogP contribution >= 0.6 is 0 Å². The van der Waals surface area contributed by atoms with Crippen LogP contribution in [0.3, 0.4) is 0 Å². The van der Waals surface area contributed by atoms with Gasteiger partial charge in [0.05, 0.1) is 23.6 Å². The number of allylic oxidation sites excluding steroid dienone is 2. The second kappa shape index (κ2) is 11.1. The number of nitrogens with zero attached hydrogens (tertiary/aromatic N) is 2. The number of imide groups is 1. The topological polar surface area (TPSA) is 100.0 Å². The van der Waals surface area contributed by atoms with Crippen LogP contribution in [-0.4, -0.2) is 52.1 Å². The van der Waals surface area contributed by atoms with Crippen LogP contribution in [0.25, 0.3) is 11.6 Å². The first-order chi connectivity index (χ1) is 18.7. The molecule has 5 rings (SSSR count). The fraction of sp³-hybridized carbons (Fsp3) is 0.452. The van der Waals surface area contributed by atoms with E-state index >= 15 is 0 Å². The monoisotopic (exact) mass is 528 g/mol. The molecule has 204 valence electrons. The molecule has 0 spiro atoms. The Bertz CT molecular complexity index is 1310. The number of phenolic OH excluding ortho intramolecular Hbond substituents is 1. The Labute approximate surface area is 230 Å². The maximum absolute atomic E-state index is 13.1. The molecule has 2 aliphatic heterocycles. The van der Waals surface area contributed by atoms with Gasteiger partial charge in [-0.05, 0) is 110 Å². The van der Waals surface area contributed by atoms with Crippen LogP contribution in [0, 0.1) is 31.6 Å². The van der Waals surface area contributed by atoms with Gasteiger partial charge in [-0.3, -0.25) is 19.5 Å². The maximum Gasteiger partial charge on any atom is 0.455 e. The molecular weight excluding hydrogens is 491 g/mol. The van der Waals surface area contributed by atoms with Crippen molar-refractivity contribution in [3.63, 3.8) is 0 Å². The lowest BCUT2D eigenvalue weighted by Crippen LogP contribution is -2.46. The van der Waals surface area contributed by atoms with Crippen molar-refractivity contribution >= 4 is 30.6 Å². The van der Waals surface area contributed by atoms with E-state index < -0.39 is 13.0 Å². The van der Waals surface area contributed by atoms with Crippen LogP contribution in [-0.2, 0) is 14.2 Å². The van der Waals surface area contributed by atoms with Crippen LogP contribution in [0.5, 0.6) is 5.75 Å². The van der Waals surface area contributed by atoms with Crippen LogP contribution in [0.15, 0.2) is 47.7 Å². The molecule has 0 saturated carbocycles. The number of aromatic nitrogens is 1. The number of hydrogen-bond donors (Lipinski definition) is 2. The van der Waals surface area contributed by atoms with Gasteiger partial charge >= 0.3 is 7.12 Å². The van der Waals surface area contributed by atoms with Gasteiger partial charge in [-0.15, -0.1) is 0 Å². The quantitative estimate of drug-likeness (QED) is 0.300. The van der Waals surface area contributed by atoms with Crippen molar-refractivity contribution in [2.75, 3.05) is 7.05 Å². The highest BCUT2D eigenvalue weighted by molar-refractivity contribution is 6.43. The van der Waals surface area contributed by atoms with Gasteiger partial charge in [0.15, 0.2) is 0 Å². The molecule has 2 N–H and O–H groups in total. The van der Waals surface area contributed by atoms with Crippen molar-refractivity contribution in [2.45, 2.75) is 65.3 Å². The molecule has 2 amide bonds. The number of aryl methyl sites for hydroxylation is 2. The van der Waals surface area contributed by atoms with E-state index in [4.69, 9.17) is 4.65 Å². The summed E-state index contributed by atoms with van der Waals surface area (Å²) in [6, 6.07) is 9.76. The smallest absolute Gasteiger partial charge is 0.455 e. The summed E-state index contributed by atoms with van der Waals surface area (Å²) in [5, 5.41) is 21.0. The molecule has 3 aliphatic rings. The average molecular weight is 528 g/mol. The van der Waals surface area contributed by atoms with E-state index in [0.29, 0.717) is 31.3 Å². The van der Waals surface area contributed by atoms with Gasteiger partial charge in [0.25, 0.3) is 0 Å². The standard InChI is InChI=1S/C31H37BN2O5/c1-5-8-22-16-23-28(31(37)34(4)30(23)36)24-17-32(38)39-26(27(22)24)11-10-21(25-9-6-7-12-33-25)15-20-13-18(2)29(35)19(3)14-20/h6-7,9,12-15,23-24,26,28,35,38H,5,8,10-11,16-17H2,1-4H3/b21-15-/t23-,24+,26-,28-/m1/s1. The minimum Gasteiger partial charge on any atom is -0.507 e. The van der Waals surface area contributed by atoms with E-state index in [0.717, 1.165) is 46.4 Å². The number of phenols is 1. The van der Waals surface area contributed by atoms with Gasteiger partial charge in [-0.2, -0.15) is 0 Å². The SMILES string of the molecule is CCCC1=C2[C@@H](CC/C(=C/c3cc(C)c(O)c(C)c3)c3ccccn3)OB(O)C[C@@H]2[C@@H]2C(=O)N(C)C(=O)[C@@H]2C1. The van der Waals surface area contributed by atoms with Crippen molar-refractivity contribution in [3.05, 3.63) is 70.1 Å². The first-order valence-corrected chi connectivity index (χ1v) is 14.0. The highest BCUT2D eigenvalue weighted by atomic mass is 16.5. The van der Waals surface area contributed by atoms with Crippen molar-refractivity contribution in [1.82, 2.24) is 9.88 Å². The second-order valence-electron chi connectivity index (χ2n) is 11.2. The summed E-state index contributed by atoms with van der Waals surface area (Å²) in [7, 11) is 0.593. The van der Waals surface area contributed by atoms with E-state index in [9.17, 15) is 19.7 Å². The lowest BCUT2D eigenvalue weighted by Gasteiger charge is -2.43. The van der Waals surface area contributed by atoms with Crippen LogP contribution in [0.1, 0.15) is 61.4 Å². The average Bonchev–Trinajstić information content (AvgIpc) is 3.13. The summed E-state index contributed by atoms with van der Waals surface area (Å²) in [6.45, 7) is 5.91. The summed E-state index contributed by atoms with van der Waals surface area (Å²) >= 11 is 0. The number of fused-ring (bicyclic) bond motifs is 3. The molecule has 39 heavy (non-hydrogen) atoms. The van der Waals surface area contributed by atoms with Gasteiger partial charge in [0.2, 0.25) is 11.8 Å². The van der Waals surface area contributed by atoms with Crippen LogP contribution < -0.4 is 0 Å². The lowest BCUT2D eigenvalue weighted by atomic mass is 9.58. The first kappa shape index (κ1) is 27.3. The fourth-order valence-electron chi connectivity index (χ4n) is 6.85. The van der Waals surface area contributed by atoms with Gasteiger partial charge in [-0.1, -0.05) is 25.0 Å². The molecule has 2 fully saturated rings. The third kappa shape index (κ3) is 5.20. The van der Waals surface area contributed by atoms with Gasteiger partial charge in [0.1, 0.15) is 5.75 Å². The molecule has 1 aliphatic carbocycles. The molecule has 2 aromatic rings. The number of carbonyl (C=O) groups is 2. The Kier molecular flexibility index (Phi) is 7.78. The second-order valence-corrected chi connectivity index (χ2v) is 11.2. The molecule has 0 radical (unpaired) electrons. The minimum atomic E-state index is -0.983. The van der Waals surface area contributed by atoms with E-state index in [-0.39, 0.29) is 29.8 Å². The Morgan fingerprint density at radius 2 is 1.92 bits per heavy atom. The summed E-state index contributed by atoms with van der Waals surface area (Å²) in [6.07, 6.45) is 7.51.